The number of carbonyl (C=O) groups is 1. The summed E-state index contributed by atoms with van der Waals surface area (Å²) in [4.78, 5) is 14.7. The van der Waals surface area contributed by atoms with E-state index in [4.69, 9.17) is 0 Å². The van der Waals surface area contributed by atoms with Crippen LogP contribution in [-0.4, -0.2) is 45.4 Å². The van der Waals surface area contributed by atoms with Gasteiger partial charge in [-0.3, -0.25) is 4.79 Å². The second kappa shape index (κ2) is 9.54. The van der Waals surface area contributed by atoms with Crippen molar-refractivity contribution in [2.45, 2.75) is 19.3 Å². The first kappa shape index (κ1) is 21.9. The number of piperidine rings is 1. The molecule has 5 rings (SSSR count). The number of hydrogen-bond donors (Lipinski definition) is 1. The number of nitrogens with one attached hydrogen (secondary N) is 1. The number of nitrogens with zero attached hydrogens (tertiary/aromatic N) is 5. The van der Waals surface area contributed by atoms with Crippen molar-refractivity contribution in [3.63, 3.8) is 0 Å². The zero-order valence-electron chi connectivity index (χ0n) is 18.5. The van der Waals surface area contributed by atoms with E-state index >= 15 is 0 Å². The normalized spacial score (nSPS) is 14.5. The number of benzene rings is 2. The number of anilines is 1. The van der Waals surface area contributed by atoms with Crippen molar-refractivity contribution in [3.8, 4) is 11.4 Å². The Bertz CT molecular complexity index is 1320. The number of carbonyl (C=O) groups excluding carboxylic acids is 1. The third-order valence-corrected chi connectivity index (χ3v) is 6.20. The fraction of sp³-hybridized carbons (Fsp3) is 0.280. The Hall–Kier alpha value is -3.88. The quantitative estimate of drug-likeness (QED) is 0.474. The zero-order chi connectivity index (χ0) is 23.5. The third kappa shape index (κ3) is 4.46. The molecule has 1 aliphatic rings. The van der Waals surface area contributed by atoms with Gasteiger partial charge >= 0.3 is 0 Å². The van der Waals surface area contributed by atoms with Crippen LogP contribution in [0.5, 0.6) is 0 Å². The number of halogens is 2. The largest absolute Gasteiger partial charge is 0.356 e. The first-order valence-electron chi connectivity index (χ1n) is 11.3. The van der Waals surface area contributed by atoms with E-state index in [1.54, 1.807) is 47.0 Å². The van der Waals surface area contributed by atoms with Gasteiger partial charge in [-0.25, -0.2) is 8.78 Å². The second-order valence-corrected chi connectivity index (χ2v) is 8.36. The van der Waals surface area contributed by atoms with Crippen molar-refractivity contribution < 1.29 is 13.6 Å². The summed E-state index contributed by atoms with van der Waals surface area (Å²) in [7, 11) is 0. The number of rotatable bonds is 6. The highest BCUT2D eigenvalue weighted by Gasteiger charge is 2.26. The molecule has 7 nitrogen and oxygen atoms in total. The molecule has 0 aliphatic carbocycles. The van der Waals surface area contributed by atoms with Gasteiger partial charge in [0.1, 0.15) is 17.5 Å². The Balaban J connectivity index is 1.21. The van der Waals surface area contributed by atoms with E-state index in [0.29, 0.717) is 61.5 Å². The van der Waals surface area contributed by atoms with Gasteiger partial charge in [-0.1, -0.05) is 30.3 Å². The van der Waals surface area contributed by atoms with Crippen molar-refractivity contribution in [2.75, 3.05) is 24.5 Å². The lowest BCUT2D eigenvalue weighted by atomic mass is 9.96. The van der Waals surface area contributed by atoms with Crippen LogP contribution in [0.15, 0.2) is 60.7 Å². The van der Waals surface area contributed by atoms with Gasteiger partial charge in [0.15, 0.2) is 11.5 Å². The molecular formula is C25H24F2N6O. The molecular weight excluding hydrogens is 438 g/mol. The van der Waals surface area contributed by atoms with Crippen molar-refractivity contribution in [2.24, 2.45) is 5.92 Å². The molecule has 0 spiro atoms. The fourth-order valence-electron chi connectivity index (χ4n) is 4.29. The first-order chi connectivity index (χ1) is 16.6. The van der Waals surface area contributed by atoms with Gasteiger partial charge in [0.05, 0.1) is 5.56 Å². The van der Waals surface area contributed by atoms with Gasteiger partial charge in [0.2, 0.25) is 5.91 Å². The van der Waals surface area contributed by atoms with E-state index in [9.17, 15) is 13.6 Å². The topological polar surface area (TPSA) is 75.4 Å². The highest BCUT2D eigenvalue weighted by molar-refractivity contribution is 5.79. The fourth-order valence-corrected chi connectivity index (χ4v) is 4.29. The highest BCUT2D eigenvalue weighted by atomic mass is 19.1. The molecule has 9 heteroatoms. The molecule has 1 saturated heterocycles. The summed E-state index contributed by atoms with van der Waals surface area (Å²) in [5.41, 5.74) is 1.47. The summed E-state index contributed by atoms with van der Waals surface area (Å²) in [5, 5.41) is 15.8. The van der Waals surface area contributed by atoms with E-state index in [2.05, 4.69) is 25.5 Å². The van der Waals surface area contributed by atoms with Gasteiger partial charge in [0, 0.05) is 25.6 Å². The minimum Gasteiger partial charge on any atom is -0.356 e. The smallest absolute Gasteiger partial charge is 0.223 e. The molecule has 4 aromatic rings. The molecule has 1 amide bonds. The maximum atomic E-state index is 14.3. The van der Waals surface area contributed by atoms with Gasteiger partial charge < -0.3 is 10.2 Å². The molecule has 3 heterocycles. The second-order valence-electron chi connectivity index (χ2n) is 8.36. The van der Waals surface area contributed by atoms with Crippen LogP contribution < -0.4 is 10.2 Å². The van der Waals surface area contributed by atoms with Crippen LogP contribution in [0, 0.1) is 17.6 Å². The van der Waals surface area contributed by atoms with E-state index in [1.165, 1.54) is 12.1 Å². The van der Waals surface area contributed by atoms with Crippen LogP contribution in [0.3, 0.4) is 0 Å². The zero-order valence-corrected chi connectivity index (χ0v) is 18.5. The number of hydrogen-bond acceptors (Lipinski definition) is 5. The monoisotopic (exact) mass is 462 g/mol. The molecule has 2 aromatic carbocycles. The van der Waals surface area contributed by atoms with Crippen LogP contribution in [0.2, 0.25) is 0 Å². The maximum Gasteiger partial charge on any atom is 0.223 e. The Morgan fingerprint density at radius 3 is 2.44 bits per heavy atom. The van der Waals surface area contributed by atoms with Crippen LogP contribution in [0.25, 0.3) is 17.0 Å². The minimum atomic E-state index is -0.383. The van der Waals surface area contributed by atoms with Gasteiger partial charge in [0.25, 0.3) is 0 Å². The predicted molar refractivity (Wildman–Crippen MR) is 124 cm³/mol. The highest BCUT2D eigenvalue weighted by Crippen LogP contribution is 2.25. The van der Waals surface area contributed by atoms with E-state index < -0.39 is 0 Å². The number of fused-ring (bicyclic) bond motifs is 1. The average Bonchev–Trinajstić information content (AvgIpc) is 3.28. The predicted octanol–water partition coefficient (Wildman–Crippen LogP) is 3.64. The summed E-state index contributed by atoms with van der Waals surface area (Å²) in [6, 6.07) is 16.7. The Labute approximate surface area is 195 Å². The lowest BCUT2D eigenvalue weighted by Gasteiger charge is -2.32. The van der Waals surface area contributed by atoms with Crippen LogP contribution in [0.1, 0.15) is 18.4 Å². The number of aromatic nitrogens is 4. The molecule has 0 saturated carbocycles. The van der Waals surface area contributed by atoms with Crippen LogP contribution >= 0.6 is 0 Å². The summed E-state index contributed by atoms with van der Waals surface area (Å²) < 4.78 is 29.6. The number of amides is 1. The standard InChI is InChI=1S/C25H24F2N6O/c26-20-7-3-1-5-17(20)11-14-28-25(34)18-12-15-32(16-13-18)23-10-9-22-29-30-24(33(22)31-23)19-6-2-4-8-21(19)27/h1-10,18H,11-16H2,(H,28,34). The summed E-state index contributed by atoms with van der Waals surface area (Å²) >= 11 is 0. The van der Waals surface area contributed by atoms with E-state index in [1.807, 2.05) is 6.07 Å². The molecule has 174 valence electrons. The maximum absolute atomic E-state index is 14.3. The first-order valence-corrected chi connectivity index (χ1v) is 11.3. The van der Waals surface area contributed by atoms with Crippen LogP contribution in [-0.2, 0) is 11.2 Å². The van der Waals surface area contributed by atoms with Crippen LogP contribution in [0.4, 0.5) is 14.6 Å². The van der Waals surface area contributed by atoms with Gasteiger partial charge in [-0.15, -0.1) is 15.3 Å². The van der Waals surface area contributed by atoms with Crippen molar-refractivity contribution in [1.29, 1.82) is 0 Å². The molecule has 0 radical (unpaired) electrons. The lowest BCUT2D eigenvalue weighted by Crippen LogP contribution is -2.41. The van der Waals surface area contributed by atoms with E-state index in [-0.39, 0.29) is 23.5 Å². The molecule has 1 fully saturated rings. The molecule has 1 N–H and O–H groups in total. The molecule has 0 bridgehead atoms. The molecule has 2 aromatic heterocycles. The van der Waals surface area contributed by atoms with Crippen molar-refractivity contribution >= 4 is 17.4 Å². The van der Waals surface area contributed by atoms with Gasteiger partial charge in [-0.2, -0.15) is 4.52 Å². The van der Waals surface area contributed by atoms with Gasteiger partial charge in [-0.05, 0) is 55.2 Å². The van der Waals surface area contributed by atoms with Crippen molar-refractivity contribution in [3.05, 3.63) is 77.9 Å². The summed E-state index contributed by atoms with van der Waals surface area (Å²) in [6.45, 7) is 1.74. The molecule has 0 unspecified atom stereocenters. The molecule has 1 aliphatic heterocycles. The summed E-state index contributed by atoms with van der Waals surface area (Å²) in [6.07, 6.45) is 1.84. The Morgan fingerprint density at radius 1 is 0.941 bits per heavy atom. The molecule has 0 atom stereocenters. The Kier molecular flexibility index (Phi) is 6.16. The Morgan fingerprint density at radius 2 is 1.68 bits per heavy atom. The summed E-state index contributed by atoms with van der Waals surface area (Å²) in [5.74, 6) is 0.346. The van der Waals surface area contributed by atoms with Crippen molar-refractivity contribution in [1.82, 2.24) is 25.1 Å². The lowest BCUT2D eigenvalue weighted by molar-refractivity contribution is -0.125. The third-order valence-electron chi connectivity index (χ3n) is 6.20. The minimum absolute atomic E-state index is 0.0000456. The average molecular weight is 463 g/mol. The SMILES string of the molecule is O=C(NCCc1ccccc1F)C1CCN(c2ccc3nnc(-c4ccccc4F)n3n2)CC1. The molecule has 34 heavy (non-hydrogen) atoms. The van der Waals surface area contributed by atoms with E-state index in [0.717, 1.165) is 5.82 Å².